The fraction of sp³-hybridized carbons (Fsp3) is 0.615. The molecule has 1 N–H and O–H groups in total. The van der Waals surface area contributed by atoms with Gasteiger partial charge in [-0.2, -0.15) is 0 Å². The average molecular weight is 266 g/mol. The molecule has 19 heavy (non-hydrogen) atoms. The highest BCUT2D eigenvalue weighted by molar-refractivity contribution is 5.60. The van der Waals surface area contributed by atoms with Gasteiger partial charge in [0, 0.05) is 18.8 Å². The molecule has 1 heterocycles. The number of likely N-dealkylation sites (N-methyl/N-ethyl adjacent to an activating group) is 1. The Labute approximate surface area is 114 Å². The lowest BCUT2D eigenvalue weighted by Gasteiger charge is -2.24. The van der Waals surface area contributed by atoms with Crippen molar-refractivity contribution in [1.29, 1.82) is 0 Å². The third-order valence-corrected chi connectivity index (χ3v) is 2.70. The van der Waals surface area contributed by atoms with Crippen molar-refractivity contribution in [2.45, 2.75) is 26.3 Å². The van der Waals surface area contributed by atoms with Crippen molar-refractivity contribution in [2.75, 3.05) is 26.0 Å². The summed E-state index contributed by atoms with van der Waals surface area (Å²) in [5.74, 6) is 0.526. The Morgan fingerprint density at radius 1 is 1.47 bits per heavy atom. The van der Waals surface area contributed by atoms with Gasteiger partial charge in [-0.05, 0) is 32.5 Å². The minimum atomic E-state index is -0.405. The van der Waals surface area contributed by atoms with Crippen LogP contribution in [-0.2, 0) is 0 Å². The molecule has 0 aliphatic rings. The zero-order valence-corrected chi connectivity index (χ0v) is 12.0. The van der Waals surface area contributed by atoms with Gasteiger partial charge in [-0.1, -0.05) is 13.8 Å². The zero-order chi connectivity index (χ0) is 14.4. The van der Waals surface area contributed by atoms with Gasteiger partial charge in [0.1, 0.15) is 11.9 Å². The van der Waals surface area contributed by atoms with Crippen LogP contribution in [0, 0.1) is 16.0 Å². The van der Waals surface area contributed by atoms with Crippen LogP contribution in [0.1, 0.15) is 20.3 Å². The minimum absolute atomic E-state index is 0.0232. The van der Waals surface area contributed by atoms with Crippen molar-refractivity contribution in [1.82, 2.24) is 9.88 Å². The van der Waals surface area contributed by atoms with Crippen LogP contribution in [0.3, 0.4) is 0 Å². The van der Waals surface area contributed by atoms with E-state index in [9.17, 15) is 10.1 Å². The van der Waals surface area contributed by atoms with E-state index in [-0.39, 0.29) is 11.7 Å². The molecule has 1 aromatic rings. The number of pyridine rings is 1. The molecule has 0 saturated heterocycles. The van der Waals surface area contributed by atoms with Gasteiger partial charge in [0.2, 0.25) is 0 Å². The molecule has 0 amide bonds. The number of anilines is 1. The molecular weight excluding hydrogens is 244 g/mol. The largest absolute Gasteiger partial charge is 0.375 e. The second-order valence-electron chi connectivity index (χ2n) is 5.38. The van der Waals surface area contributed by atoms with Gasteiger partial charge in [0.25, 0.3) is 0 Å². The van der Waals surface area contributed by atoms with Crippen LogP contribution in [0.15, 0.2) is 18.5 Å². The predicted octanol–water partition coefficient (Wildman–Crippen LogP) is 2.38. The van der Waals surface area contributed by atoms with Crippen LogP contribution in [0.2, 0.25) is 0 Å². The summed E-state index contributed by atoms with van der Waals surface area (Å²) in [5.41, 5.74) is 0.558. The summed E-state index contributed by atoms with van der Waals surface area (Å²) in [6.45, 7) is 5.12. The summed E-state index contributed by atoms with van der Waals surface area (Å²) >= 11 is 0. The van der Waals surface area contributed by atoms with Crippen LogP contribution in [0.5, 0.6) is 0 Å². The third-order valence-electron chi connectivity index (χ3n) is 2.70. The molecule has 0 aliphatic carbocycles. The molecule has 1 aromatic heterocycles. The van der Waals surface area contributed by atoms with Gasteiger partial charge in [-0.3, -0.25) is 15.1 Å². The number of nitro groups is 1. The van der Waals surface area contributed by atoms with Crippen LogP contribution >= 0.6 is 0 Å². The molecule has 0 fully saturated rings. The van der Waals surface area contributed by atoms with Crippen molar-refractivity contribution >= 4 is 11.4 Å². The molecule has 106 valence electrons. The first kappa shape index (κ1) is 15.4. The van der Waals surface area contributed by atoms with Gasteiger partial charge in [-0.25, -0.2) is 0 Å². The molecule has 6 nitrogen and oxygen atoms in total. The van der Waals surface area contributed by atoms with E-state index >= 15 is 0 Å². The zero-order valence-electron chi connectivity index (χ0n) is 12.0. The topological polar surface area (TPSA) is 71.3 Å². The average Bonchev–Trinajstić information content (AvgIpc) is 2.27. The van der Waals surface area contributed by atoms with E-state index in [4.69, 9.17) is 0 Å². The smallest absolute Gasteiger partial charge is 0.310 e. The summed E-state index contributed by atoms with van der Waals surface area (Å²) in [6, 6.07) is 1.83. The molecular formula is C13H22N4O2. The van der Waals surface area contributed by atoms with Crippen molar-refractivity contribution in [3.63, 3.8) is 0 Å². The van der Waals surface area contributed by atoms with E-state index in [0.29, 0.717) is 11.6 Å². The standard InChI is InChI=1S/C13H22N4O2/c1-10(2)7-11(9-16(3)4)15-12-5-6-14-8-13(12)17(18)19/h5-6,8,10-11H,7,9H2,1-4H3,(H,14,15). The van der Waals surface area contributed by atoms with Gasteiger partial charge in [-0.15, -0.1) is 0 Å². The first-order valence-electron chi connectivity index (χ1n) is 6.39. The van der Waals surface area contributed by atoms with Crippen LogP contribution in [0.25, 0.3) is 0 Å². The predicted molar refractivity (Wildman–Crippen MR) is 76.3 cm³/mol. The second-order valence-corrected chi connectivity index (χ2v) is 5.38. The van der Waals surface area contributed by atoms with Gasteiger partial charge < -0.3 is 10.2 Å². The monoisotopic (exact) mass is 266 g/mol. The Morgan fingerprint density at radius 2 is 2.16 bits per heavy atom. The van der Waals surface area contributed by atoms with Crippen LogP contribution in [-0.4, -0.2) is 41.5 Å². The molecule has 0 spiro atoms. The minimum Gasteiger partial charge on any atom is -0.375 e. The highest BCUT2D eigenvalue weighted by Crippen LogP contribution is 2.24. The quantitative estimate of drug-likeness (QED) is 0.606. The molecule has 0 aliphatic heterocycles. The number of hydrogen-bond donors (Lipinski definition) is 1. The van der Waals surface area contributed by atoms with E-state index in [2.05, 4.69) is 29.0 Å². The van der Waals surface area contributed by atoms with Crippen LogP contribution < -0.4 is 5.32 Å². The molecule has 0 bridgehead atoms. The summed E-state index contributed by atoms with van der Waals surface area (Å²) < 4.78 is 0. The fourth-order valence-electron chi connectivity index (χ4n) is 2.06. The Kier molecular flexibility index (Phi) is 5.69. The fourth-order valence-corrected chi connectivity index (χ4v) is 2.06. The SMILES string of the molecule is CC(C)CC(CN(C)C)Nc1ccncc1[N+](=O)[O-]. The van der Waals surface area contributed by atoms with E-state index in [0.717, 1.165) is 13.0 Å². The highest BCUT2D eigenvalue weighted by Gasteiger charge is 2.18. The Balaban J connectivity index is 2.86. The normalized spacial score (nSPS) is 12.7. The van der Waals surface area contributed by atoms with E-state index in [1.54, 1.807) is 12.3 Å². The van der Waals surface area contributed by atoms with Crippen molar-refractivity contribution in [3.05, 3.63) is 28.6 Å². The lowest BCUT2D eigenvalue weighted by atomic mass is 10.0. The van der Waals surface area contributed by atoms with Crippen molar-refractivity contribution in [3.8, 4) is 0 Å². The number of nitrogens with one attached hydrogen (secondary N) is 1. The molecule has 0 radical (unpaired) electrons. The summed E-state index contributed by atoms with van der Waals surface area (Å²) in [6.07, 6.45) is 3.81. The molecule has 1 rings (SSSR count). The lowest BCUT2D eigenvalue weighted by Crippen LogP contribution is -2.33. The van der Waals surface area contributed by atoms with Gasteiger partial charge in [0.05, 0.1) is 4.92 Å². The molecule has 1 atom stereocenters. The van der Waals surface area contributed by atoms with Crippen molar-refractivity contribution < 1.29 is 4.92 Å². The maximum absolute atomic E-state index is 11.0. The lowest BCUT2D eigenvalue weighted by molar-refractivity contribution is -0.384. The van der Waals surface area contributed by atoms with E-state index in [1.165, 1.54) is 6.20 Å². The third kappa shape index (κ3) is 5.21. The van der Waals surface area contributed by atoms with Crippen molar-refractivity contribution in [2.24, 2.45) is 5.92 Å². The molecule has 6 heteroatoms. The highest BCUT2D eigenvalue weighted by atomic mass is 16.6. The van der Waals surface area contributed by atoms with Gasteiger partial charge in [0.15, 0.2) is 0 Å². The summed E-state index contributed by atoms with van der Waals surface area (Å²) in [5, 5.41) is 14.2. The molecule has 0 aromatic carbocycles. The number of aromatic nitrogens is 1. The maximum atomic E-state index is 11.0. The summed E-state index contributed by atoms with van der Waals surface area (Å²) in [7, 11) is 3.99. The Hall–Kier alpha value is -1.69. The first-order valence-corrected chi connectivity index (χ1v) is 6.39. The Bertz CT molecular complexity index is 411. The van der Waals surface area contributed by atoms with E-state index in [1.807, 2.05) is 14.1 Å². The van der Waals surface area contributed by atoms with Gasteiger partial charge >= 0.3 is 5.69 Å². The number of hydrogen-bond acceptors (Lipinski definition) is 5. The number of rotatable bonds is 7. The molecule has 1 unspecified atom stereocenters. The Morgan fingerprint density at radius 3 is 2.68 bits per heavy atom. The van der Waals surface area contributed by atoms with Crippen LogP contribution in [0.4, 0.5) is 11.4 Å². The second kappa shape index (κ2) is 7.04. The number of nitrogens with zero attached hydrogens (tertiary/aromatic N) is 3. The summed E-state index contributed by atoms with van der Waals surface area (Å²) in [4.78, 5) is 16.4. The maximum Gasteiger partial charge on any atom is 0.310 e. The van der Waals surface area contributed by atoms with E-state index < -0.39 is 4.92 Å². The molecule has 0 saturated carbocycles. The first-order chi connectivity index (χ1) is 8.90.